The third-order valence-electron chi connectivity index (χ3n) is 2.31. The van der Waals surface area contributed by atoms with Crippen LogP contribution in [0.5, 0.6) is 0 Å². The van der Waals surface area contributed by atoms with Crippen LogP contribution in [0.15, 0.2) is 41.1 Å². The molecule has 0 bridgehead atoms. The molecule has 88 valence electrons. The molecule has 2 heterocycles. The molecular formula is C11H11N3O3. The van der Waals surface area contributed by atoms with Gasteiger partial charge in [0.1, 0.15) is 5.76 Å². The molecule has 0 aliphatic rings. The van der Waals surface area contributed by atoms with E-state index in [-0.39, 0.29) is 17.5 Å². The maximum atomic E-state index is 10.8. The zero-order chi connectivity index (χ0) is 12.3. The Balaban J connectivity index is 2.21. The summed E-state index contributed by atoms with van der Waals surface area (Å²) in [5.41, 5.74) is -0.0501. The summed E-state index contributed by atoms with van der Waals surface area (Å²) < 4.78 is 5.21. The second-order valence-corrected chi connectivity index (χ2v) is 3.51. The van der Waals surface area contributed by atoms with Crippen LogP contribution in [-0.2, 0) is 0 Å². The van der Waals surface area contributed by atoms with Crippen LogP contribution in [0, 0.1) is 10.1 Å². The van der Waals surface area contributed by atoms with Crippen molar-refractivity contribution in [3.63, 3.8) is 0 Å². The van der Waals surface area contributed by atoms with Gasteiger partial charge in [0.2, 0.25) is 5.82 Å². The summed E-state index contributed by atoms with van der Waals surface area (Å²) in [7, 11) is 0. The molecule has 0 spiro atoms. The second-order valence-electron chi connectivity index (χ2n) is 3.51. The fraction of sp³-hybridized carbons (Fsp3) is 0.182. The van der Waals surface area contributed by atoms with E-state index < -0.39 is 4.92 Å². The third-order valence-corrected chi connectivity index (χ3v) is 2.31. The Kier molecular flexibility index (Phi) is 3.04. The number of nitrogens with zero attached hydrogens (tertiary/aromatic N) is 2. The largest absolute Gasteiger partial charge is 0.467 e. The Morgan fingerprint density at radius 2 is 2.29 bits per heavy atom. The van der Waals surface area contributed by atoms with E-state index in [1.54, 1.807) is 18.4 Å². The van der Waals surface area contributed by atoms with Crippen LogP contribution < -0.4 is 5.32 Å². The Hall–Kier alpha value is -2.37. The van der Waals surface area contributed by atoms with E-state index in [4.69, 9.17) is 4.42 Å². The van der Waals surface area contributed by atoms with Gasteiger partial charge in [-0.15, -0.1) is 0 Å². The minimum atomic E-state index is -0.468. The first-order chi connectivity index (χ1) is 8.18. The van der Waals surface area contributed by atoms with Crippen LogP contribution >= 0.6 is 0 Å². The van der Waals surface area contributed by atoms with Gasteiger partial charge in [-0.3, -0.25) is 10.1 Å². The smallest absolute Gasteiger partial charge is 0.311 e. The van der Waals surface area contributed by atoms with Gasteiger partial charge in [-0.1, -0.05) is 0 Å². The van der Waals surface area contributed by atoms with Crippen LogP contribution in [0.25, 0.3) is 0 Å². The molecular weight excluding hydrogens is 222 g/mol. The number of hydrogen-bond acceptors (Lipinski definition) is 5. The normalized spacial score (nSPS) is 12.1. The fourth-order valence-electron chi connectivity index (χ4n) is 1.47. The fourth-order valence-corrected chi connectivity index (χ4v) is 1.47. The standard InChI is InChI=1S/C11H11N3O3/c1-8(10-5-3-7-17-10)13-11-9(14(15)16)4-2-6-12-11/h2-8H,1H3,(H,12,13). The third kappa shape index (κ3) is 2.41. The number of hydrogen-bond donors (Lipinski definition) is 1. The van der Waals surface area contributed by atoms with E-state index in [0.717, 1.165) is 0 Å². The van der Waals surface area contributed by atoms with Gasteiger partial charge in [-0.05, 0) is 25.1 Å². The van der Waals surface area contributed by atoms with Crippen LogP contribution in [-0.4, -0.2) is 9.91 Å². The first-order valence-corrected chi connectivity index (χ1v) is 5.08. The van der Waals surface area contributed by atoms with Gasteiger partial charge in [0.05, 0.1) is 17.2 Å². The van der Waals surface area contributed by atoms with Gasteiger partial charge < -0.3 is 9.73 Å². The van der Waals surface area contributed by atoms with Crippen molar-refractivity contribution in [1.82, 2.24) is 4.98 Å². The minimum absolute atomic E-state index is 0.0501. The van der Waals surface area contributed by atoms with Crippen LogP contribution in [0.3, 0.4) is 0 Å². The van der Waals surface area contributed by atoms with Gasteiger partial charge in [-0.25, -0.2) is 4.98 Å². The summed E-state index contributed by atoms with van der Waals surface area (Å²) in [5.74, 6) is 0.936. The maximum Gasteiger partial charge on any atom is 0.311 e. The molecule has 6 nitrogen and oxygen atoms in total. The number of nitro groups is 1. The lowest BCUT2D eigenvalue weighted by Gasteiger charge is -2.11. The first-order valence-electron chi connectivity index (χ1n) is 5.08. The van der Waals surface area contributed by atoms with Crippen molar-refractivity contribution in [3.05, 3.63) is 52.6 Å². The minimum Gasteiger partial charge on any atom is -0.467 e. The Morgan fingerprint density at radius 3 is 2.94 bits per heavy atom. The second kappa shape index (κ2) is 4.65. The van der Waals surface area contributed by atoms with Crippen molar-refractivity contribution in [2.75, 3.05) is 5.32 Å². The van der Waals surface area contributed by atoms with Crippen LogP contribution in [0.1, 0.15) is 18.7 Å². The summed E-state index contributed by atoms with van der Waals surface area (Å²) >= 11 is 0. The van der Waals surface area contributed by atoms with Crippen molar-refractivity contribution in [2.24, 2.45) is 0 Å². The van der Waals surface area contributed by atoms with E-state index in [1.165, 1.54) is 18.3 Å². The highest BCUT2D eigenvalue weighted by atomic mass is 16.6. The predicted molar refractivity (Wildman–Crippen MR) is 61.6 cm³/mol. The summed E-state index contributed by atoms with van der Waals surface area (Å²) in [5, 5.41) is 13.7. The average Bonchev–Trinajstić information content (AvgIpc) is 2.83. The van der Waals surface area contributed by atoms with Crippen molar-refractivity contribution in [1.29, 1.82) is 0 Å². The summed E-state index contributed by atoms with van der Waals surface area (Å²) in [6.07, 6.45) is 3.06. The summed E-state index contributed by atoms with van der Waals surface area (Å²) in [4.78, 5) is 14.3. The number of anilines is 1. The molecule has 0 fully saturated rings. The SMILES string of the molecule is CC(Nc1ncccc1[N+](=O)[O-])c1ccco1. The molecule has 2 aromatic rings. The lowest BCUT2D eigenvalue weighted by Crippen LogP contribution is -2.08. The molecule has 6 heteroatoms. The van der Waals surface area contributed by atoms with E-state index in [9.17, 15) is 10.1 Å². The van der Waals surface area contributed by atoms with E-state index in [1.807, 2.05) is 6.92 Å². The lowest BCUT2D eigenvalue weighted by atomic mass is 10.2. The van der Waals surface area contributed by atoms with Gasteiger partial charge >= 0.3 is 5.69 Å². The molecule has 2 aromatic heterocycles. The summed E-state index contributed by atoms with van der Waals surface area (Å²) in [6.45, 7) is 1.84. The van der Waals surface area contributed by atoms with E-state index >= 15 is 0 Å². The van der Waals surface area contributed by atoms with Crippen molar-refractivity contribution in [3.8, 4) is 0 Å². The number of furan rings is 1. The molecule has 1 unspecified atom stereocenters. The van der Waals surface area contributed by atoms with E-state index in [0.29, 0.717) is 5.76 Å². The van der Waals surface area contributed by atoms with Crippen molar-refractivity contribution in [2.45, 2.75) is 13.0 Å². The first kappa shape index (κ1) is 11.1. The quantitative estimate of drug-likeness (QED) is 0.648. The topological polar surface area (TPSA) is 81.2 Å². The Morgan fingerprint density at radius 1 is 1.47 bits per heavy atom. The number of aromatic nitrogens is 1. The lowest BCUT2D eigenvalue weighted by molar-refractivity contribution is -0.384. The van der Waals surface area contributed by atoms with Gasteiger partial charge in [0.15, 0.2) is 0 Å². The molecule has 0 radical (unpaired) electrons. The zero-order valence-corrected chi connectivity index (χ0v) is 9.16. The molecule has 0 aliphatic carbocycles. The van der Waals surface area contributed by atoms with E-state index in [2.05, 4.69) is 10.3 Å². The Bertz CT molecular complexity index is 510. The molecule has 0 aromatic carbocycles. The van der Waals surface area contributed by atoms with Gasteiger partial charge in [0, 0.05) is 12.3 Å². The highest BCUT2D eigenvalue weighted by Crippen LogP contribution is 2.25. The van der Waals surface area contributed by atoms with Crippen LogP contribution in [0.4, 0.5) is 11.5 Å². The number of nitrogens with one attached hydrogen (secondary N) is 1. The highest BCUT2D eigenvalue weighted by Gasteiger charge is 2.17. The molecule has 0 saturated heterocycles. The molecule has 0 amide bonds. The monoisotopic (exact) mass is 233 g/mol. The molecule has 1 atom stereocenters. The molecule has 1 N–H and O–H groups in total. The van der Waals surface area contributed by atoms with Gasteiger partial charge in [-0.2, -0.15) is 0 Å². The number of rotatable bonds is 4. The average molecular weight is 233 g/mol. The maximum absolute atomic E-state index is 10.8. The van der Waals surface area contributed by atoms with Gasteiger partial charge in [0.25, 0.3) is 0 Å². The van der Waals surface area contributed by atoms with Crippen molar-refractivity contribution < 1.29 is 9.34 Å². The molecule has 2 rings (SSSR count). The number of pyridine rings is 1. The molecule has 0 saturated carbocycles. The van der Waals surface area contributed by atoms with Crippen molar-refractivity contribution >= 4 is 11.5 Å². The predicted octanol–water partition coefficient (Wildman–Crippen LogP) is 2.76. The van der Waals surface area contributed by atoms with Crippen LogP contribution in [0.2, 0.25) is 0 Å². The molecule has 17 heavy (non-hydrogen) atoms. The Labute approximate surface area is 97.4 Å². The molecule has 0 aliphatic heterocycles. The summed E-state index contributed by atoms with van der Waals surface area (Å²) in [6, 6.07) is 6.32. The highest BCUT2D eigenvalue weighted by molar-refractivity contribution is 5.55. The zero-order valence-electron chi connectivity index (χ0n) is 9.16.